The molecule has 0 saturated heterocycles. The first-order chi connectivity index (χ1) is 13.2. The van der Waals surface area contributed by atoms with E-state index >= 15 is 0 Å². The summed E-state index contributed by atoms with van der Waals surface area (Å²) >= 11 is 0. The van der Waals surface area contributed by atoms with Gasteiger partial charge >= 0.3 is 5.97 Å². The van der Waals surface area contributed by atoms with Crippen LogP contribution in [-0.4, -0.2) is 40.6 Å². The number of rotatable bonds is 7. The van der Waals surface area contributed by atoms with Crippen LogP contribution in [0.15, 0.2) is 47.4 Å². The van der Waals surface area contributed by atoms with E-state index < -0.39 is 27.9 Å². The molecule has 0 heterocycles. The van der Waals surface area contributed by atoms with E-state index in [0.717, 1.165) is 5.56 Å². The van der Waals surface area contributed by atoms with Crippen molar-refractivity contribution in [3.05, 3.63) is 53.6 Å². The molecule has 0 aliphatic rings. The zero-order valence-corrected chi connectivity index (χ0v) is 16.8. The molecule has 1 atom stereocenters. The summed E-state index contributed by atoms with van der Waals surface area (Å²) in [4.78, 5) is 24.2. The second-order valence-corrected chi connectivity index (χ2v) is 7.71. The number of anilines is 1. The van der Waals surface area contributed by atoms with Gasteiger partial charge in [0.1, 0.15) is 10.6 Å². The molecule has 0 fully saturated rings. The van der Waals surface area contributed by atoms with Gasteiger partial charge in [-0.3, -0.25) is 4.79 Å². The Kier molecular flexibility index (Phi) is 6.76. The lowest BCUT2D eigenvalue weighted by Crippen LogP contribution is -2.41. The number of para-hydroxylation sites is 1. The van der Waals surface area contributed by atoms with Gasteiger partial charge in [0.2, 0.25) is 15.9 Å². The molecular formula is C19H22N2O6S. The van der Waals surface area contributed by atoms with Gasteiger partial charge in [0.05, 0.1) is 31.5 Å². The Hall–Kier alpha value is -2.91. The number of ether oxygens (including phenoxy) is 2. The number of amides is 1. The van der Waals surface area contributed by atoms with E-state index in [1.54, 1.807) is 31.2 Å². The van der Waals surface area contributed by atoms with E-state index in [1.807, 2.05) is 0 Å². The fourth-order valence-corrected chi connectivity index (χ4v) is 3.92. The first-order valence-electron chi connectivity index (χ1n) is 8.34. The third-order valence-corrected chi connectivity index (χ3v) is 5.49. The van der Waals surface area contributed by atoms with Gasteiger partial charge in [-0.25, -0.2) is 13.2 Å². The van der Waals surface area contributed by atoms with Crippen LogP contribution < -0.4 is 14.8 Å². The van der Waals surface area contributed by atoms with Crippen molar-refractivity contribution in [3.8, 4) is 5.75 Å². The number of methoxy groups -OCH3 is 2. The molecular weight excluding hydrogens is 384 g/mol. The van der Waals surface area contributed by atoms with Crippen molar-refractivity contribution in [1.82, 2.24) is 4.72 Å². The maximum atomic E-state index is 12.7. The summed E-state index contributed by atoms with van der Waals surface area (Å²) in [5.74, 6) is -1.08. The lowest BCUT2D eigenvalue weighted by molar-refractivity contribution is -0.117. The van der Waals surface area contributed by atoms with Gasteiger partial charge in [0, 0.05) is 0 Å². The van der Waals surface area contributed by atoms with Crippen LogP contribution in [-0.2, 0) is 19.6 Å². The van der Waals surface area contributed by atoms with Crippen LogP contribution in [0.5, 0.6) is 5.75 Å². The Bertz CT molecular complexity index is 988. The minimum absolute atomic E-state index is 0.0652. The third kappa shape index (κ3) is 4.87. The summed E-state index contributed by atoms with van der Waals surface area (Å²) in [6, 6.07) is 9.88. The number of hydrogen-bond donors (Lipinski definition) is 2. The number of sulfonamides is 1. The van der Waals surface area contributed by atoms with Gasteiger partial charge in [-0.05, 0) is 43.7 Å². The predicted molar refractivity (Wildman–Crippen MR) is 104 cm³/mol. The Balaban J connectivity index is 2.21. The maximum Gasteiger partial charge on any atom is 0.339 e. The van der Waals surface area contributed by atoms with Crippen molar-refractivity contribution >= 4 is 27.6 Å². The summed E-state index contributed by atoms with van der Waals surface area (Å²) in [6.07, 6.45) is 0. The fraction of sp³-hybridized carbons (Fsp3) is 0.263. The lowest BCUT2D eigenvalue weighted by atomic mass is 10.1. The average Bonchev–Trinajstić information content (AvgIpc) is 2.67. The molecule has 0 aromatic heterocycles. The lowest BCUT2D eigenvalue weighted by Gasteiger charge is -2.17. The van der Waals surface area contributed by atoms with E-state index in [9.17, 15) is 18.0 Å². The molecule has 0 unspecified atom stereocenters. The molecule has 2 N–H and O–H groups in total. The van der Waals surface area contributed by atoms with Crippen LogP contribution in [0.2, 0.25) is 0 Å². The smallest absolute Gasteiger partial charge is 0.339 e. The van der Waals surface area contributed by atoms with Crippen LogP contribution in [0.3, 0.4) is 0 Å². The summed E-state index contributed by atoms with van der Waals surface area (Å²) in [5, 5.41) is 2.54. The third-order valence-electron chi connectivity index (χ3n) is 3.92. The zero-order valence-electron chi connectivity index (χ0n) is 16.0. The highest BCUT2D eigenvalue weighted by Gasteiger charge is 2.26. The number of carbonyl (C=O) groups is 2. The first-order valence-corrected chi connectivity index (χ1v) is 9.83. The second kappa shape index (κ2) is 8.85. The monoisotopic (exact) mass is 406 g/mol. The first kappa shape index (κ1) is 21.4. The molecule has 2 rings (SSSR count). The number of esters is 1. The molecule has 8 nitrogen and oxygen atoms in total. The number of carbonyl (C=O) groups excluding carboxylic acids is 2. The molecule has 0 aliphatic heterocycles. The normalized spacial score (nSPS) is 12.1. The number of nitrogens with one attached hydrogen (secondary N) is 2. The van der Waals surface area contributed by atoms with Crippen molar-refractivity contribution in [2.45, 2.75) is 24.8 Å². The molecule has 150 valence electrons. The SMILES string of the molecule is COC(=O)c1ccccc1NC(=O)[C@@H](C)NS(=O)(=O)c1cc(C)ccc1OC. The minimum atomic E-state index is -4.02. The van der Waals surface area contributed by atoms with Gasteiger partial charge in [0.25, 0.3) is 0 Å². The predicted octanol–water partition coefficient (Wildman–Crippen LogP) is 2.10. The van der Waals surface area contributed by atoms with E-state index in [-0.39, 0.29) is 21.9 Å². The van der Waals surface area contributed by atoms with Crippen molar-refractivity contribution in [2.24, 2.45) is 0 Å². The van der Waals surface area contributed by atoms with Crippen molar-refractivity contribution in [1.29, 1.82) is 0 Å². The Morgan fingerprint density at radius 2 is 1.75 bits per heavy atom. The average molecular weight is 406 g/mol. The highest BCUT2D eigenvalue weighted by molar-refractivity contribution is 7.89. The number of aryl methyl sites for hydroxylation is 1. The van der Waals surface area contributed by atoms with E-state index in [4.69, 9.17) is 4.74 Å². The molecule has 0 aliphatic carbocycles. The fourth-order valence-electron chi connectivity index (χ4n) is 2.46. The largest absolute Gasteiger partial charge is 0.495 e. The van der Waals surface area contributed by atoms with Gasteiger partial charge < -0.3 is 14.8 Å². The molecule has 2 aromatic rings. The maximum absolute atomic E-state index is 12.7. The van der Waals surface area contributed by atoms with Gasteiger partial charge in [0.15, 0.2) is 0 Å². The Morgan fingerprint density at radius 3 is 2.39 bits per heavy atom. The summed E-state index contributed by atoms with van der Waals surface area (Å²) in [7, 11) is -1.43. The summed E-state index contributed by atoms with van der Waals surface area (Å²) < 4.78 is 37.5. The van der Waals surface area contributed by atoms with Gasteiger partial charge in [-0.1, -0.05) is 18.2 Å². The topological polar surface area (TPSA) is 111 Å². The van der Waals surface area contributed by atoms with Gasteiger partial charge in [-0.15, -0.1) is 0 Å². The van der Waals surface area contributed by atoms with Crippen LogP contribution >= 0.6 is 0 Å². The molecule has 2 aromatic carbocycles. The van der Waals surface area contributed by atoms with Gasteiger partial charge in [-0.2, -0.15) is 4.72 Å². The second-order valence-electron chi connectivity index (χ2n) is 6.02. The molecule has 0 radical (unpaired) electrons. The molecule has 1 amide bonds. The van der Waals surface area contributed by atoms with E-state index in [0.29, 0.717) is 0 Å². The molecule has 9 heteroatoms. The van der Waals surface area contributed by atoms with E-state index in [2.05, 4.69) is 14.8 Å². The molecule has 0 bridgehead atoms. The van der Waals surface area contributed by atoms with Crippen LogP contribution in [0, 0.1) is 6.92 Å². The summed E-state index contributed by atoms with van der Waals surface area (Å²) in [6.45, 7) is 3.15. The van der Waals surface area contributed by atoms with Crippen molar-refractivity contribution in [2.75, 3.05) is 19.5 Å². The summed E-state index contributed by atoms with van der Waals surface area (Å²) in [5.41, 5.74) is 1.11. The molecule has 0 spiro atoms. The van der Waals surface area contributed by atoms with Crippen LogP contribution in [0.4, 0.5) is 5.69 Å². The molecule has 28 heavy (non-hydrogen) atoms. The van der Waals surface area contributed by atoms with E-state index in [1.165, 1.54) is 39.3 Å². The number of hydrogen-bond acceptors (Lipinski definition) is 6. The van der Waals surface area contributed by atoms with Crippen LogP contribution in [0.1, 0.15) is 22.8 Å². The Morgan fingerprint density at radius 1 is 1.07 bits per heavy atom. The number of benzene rings is 2. The minimum Gasteiger partial charge on any atom is -0.495 e. The van der Waals surface area contributed by atoms with Crippen molar-refractivity contribution < 1.29 is 27.5 Å². The highest BCUT2D eigenvalue weighted by atomic mass is 32.2. The van der Waals surface area contributed by atoms with Crippen molar-refractivity contribution in [3.63, 3.8) is 0 Å². The molecule has 0 saturated carbocycles. The zero-order chi connectivity index (χ0) is 20.9. The Labute approximate surface area is 163 Å². The van der Waals surface area contributed by atoms with Crippen LogP contribution in [0.25, 0.3) is 0 Å². The quantitative estimate of drug-likeness (QED) is 0.681. The highest BCUT2D eigenvalue weighted by Crippen LogP contribution is 2.25. The standard InChI is InChI=1S/C19H22N2O6S/c1-12-9-10-16(26-3)17(11-12)28(24,25)21-13(2)18(22)20-15-8-6-5-7-14(15)19(23)27-4/h5-11,13,21H,1-4H3,(H,20,22)/t13-/m1/s1.